The third-order valence-electron chi connectivity index (χ3n) is 7.20. The van der Waals surface area contributed by atoms with Crippen LogP contribution in [-0.4, -0.2) is 23.8 Å². The first-order chi connectivity index (χ1) is 16.3. The first-order valence-corrected chi connectivity index (χ1v) is 11.3. The largest absolute Gasteiger partial charge is 0.494 e. The molecule has 1 heterocycles. The van der Waals surface area contributed by atoms with Crippen LogP contribution >= 0.6 is 23.2 Å². The number of methoxy groups -OCH3 is 1. The third-order valence-corrected chi connectivity index (χ3v) is 8.48. The maximum Gasteiger partial charge on any atom is 0.273 e. The molecular formula is C25H16Cl2N2O5. The SMILES string of the molecule is COc1cc([N+](=O)[O-])ccc1N1C(=O)[C@@H]2[C@@H](C1=O)C1(Cl)c3ccccc3C2(Cl)c2ccccc21. The van der Waals surface area contributed by atoms with Gasteiger partial charge in [0.1, 0.15) is 15.5 Å². The number of ether oxygens (including phenoxy) is 1. The van der Waals surface area contributed by atoms with E-state index in [2.05, 4.69) is 0 Å². The van der Waals surface area contributed by atoms with Crippen LogP contribution in [0.1, 0.15) is 22.3 Å². The number of alkyl halides is 2. The minimum Gasteiger partial charge on any atom is -0.494 e. The molecule has 2 amide bonds. The van der Waals surface area contributed by atoms with Gasteiger partial charge >= 0.3 is 0 Å². The minimum atomic E-state index is -1.30. The fourth-order valence-corrected chi connectivity index (χ4v) is 6.97. The van der Waals surface area contributed by atoms with Gasteiger partial charge in [-0.1, -0.05) is 48.5 Å². The molecule has 0 N–H and O–H groups in total. The van der Waals surface area contributed by atoms with E-state index in [4.69, 9.17) is 27.9 Å². The average molecular weight is 495 g/mol. The molecule has 2 bridgehead atoms. The van der Waals surface area contributed by atoms with E-state index in [1.54, 1.807) is 0 Å². The van der Waals surface area contributed by atoms with Gasteiger partial charge in [0, 0.05) is 6.07 Å². The highest BCUT2D eigenvalue weighted by molar-refractivity contribution is 6.38. The van der Waals surface area contributed by atoms with E-state index in [1.807, 2.05) is 48.5 Å². The summed E-state index contributed by atoms with van der Waals surface area (Å²) in [4.78, 5) is 37.0. The molecule has 0 aromatic heterocycles. The number of nitro groups is 1. The summed E-state index contributed by atoms with van der Waals surface area (Å²) in [5.74, 6) is -2.95. The summed E-state index contributed by atoms with van der Waals surface area (Å²) in [6, 6.07) is 18.5. The van der Waals surface area contributed by atoms with Crippen molar-refractivity contribution in [3.63, 3.8) is 0 Å². The van der Waals surface area contributed by atoms with E-state index in [1.165, 1.54) is 25.3 Å². The Labute approximate surface area is 204 Å². The molecule has 0 unspecified atom stereocenters. The van der Waals surface area contributed by atoms with E-state index >= 15 is 0 Å². The van der Waals surface area contributed by atoms with Crippen molar-refractivity contribution in [3.05, 3.63) is 99.1 Å². The normalized spacial score (nSPS) is 28.4. The summed E-state index contributed by atoms with van der Waals surface area (Å²) in [5, 5.41) is 11.2. The van der Waals surface area contributed by atoms with Gasteiger partial charge in [0.25, 0.3) is 5.69 Å². The number of non-ortho nitro benzene ring substituents is 1. The maximum atomic E-state index is 14.0. The average Bonchev–Trinajstić information content (AvgIpc) is 3.13. The highest BCUT2D eigenvalue weighted by atomic mass is 35.5. The first kappa shape index (κ1) is 21.1. The molecule has 4 aliphatic rings. The number of nitrogens with zero attached hydrogens (tertiary/aromatic N) is 2. The van der Waals surface area contributed by atoms with Crippen molar-refractivity contribution in [1.29, 1.82) is 0 Å². The van der Waals surface area contributed by atoms with Crippen LogP contribution in [0.5, 0.6) is 5.75 Å². The lowest BCUT2D eigenvalue weighted by molar-refractivity contribution is -0.384. The second-order valence-corrected chi connectivity index (χ2v) is 9.79. The van der Waals surface area contributed by atoms with Gasteiger partial charge in [-0.2, -0.15) is 0 Å². The zero-order chi connectivity index (χ0) is 24.0. The van der Waals surface area contributed by atoms with Crippen LogP contribution in [0.25, 0.3) is 0 Å². The predicted molar refractivity (Wildman–Crippen MR) is 125 cm³/mol. The summed E-state index contributed by atoms with van der Waals surface area (Å²) in [5.41, 5.74) is 2.69. The molecule has 7 rings (SSSR count). The molecule has 0 saturated carbocycles. The lowest BCUT2D eigenvalue weighted by Gasteiger charge is -2.54. The number of halogens is 2. The second kappa shape index (κ2) is 6.81. The Hall–Kier alpha value is -3.42. The van der Waals surface area contributed by atoms with Crippen LogP contribution < -0.4 is 9.64 Å². The molecule has 9 heteroatoms. The van der Waals surface area contributed by atoms with Crippen molar-refractivity contribution in [2.75, 3.05) is 12.0 Å². The molecule has 7 nitrogen and oxygen atoms in total. The Kier molecular flexibility index (Phi) is 4.23. The Morgan fingerprint density at radius 3 is 1.68 bits per heavy atom. The molecule has 0 spiro atoms. The highest BCUT2D eigenvalue weighted by Crippen LogP contribution is 2.69. The van der Waals surface area contributed by atoms with E-state index < -0.39 is 38.3 Å². The number of carbonyl (C=O) groups excluding carboxylic acids is 2. The molecule has 1 saturated heterocycles. The maximum absolute atomic E-state index is 14.0. The number of imide groups is 1. The number of benzene rings is 3. The molecule has 170 valence electrons. The first-order valence-electron chi connectivity index (χ1n) is 10.5. The molecule has 3 aromatic carbocycles. The Morgan fingerprint density at radius 1 is 0.853 bits per heavy atom. The van der Waals surface area contributed by atoms with Gasteiger partial charge in [0.15, 0.2) is 0 Å². The number of hydrogen-bond acceptors (Lipinski definition) is 5. The Morgan fingerprint density at radius 2 is 1.29 bits per heavy atom. The number of rotatable bonds is 3. The van der Waals surface area contributed by atoms with Crippen molar-refractivity contribution in [2.24, 2.45) is 11.8 Å². The number of nitro benzene ring substituents is 1. The number of hydrogen-bond donors (Lipinski definition) is 0. The number of anilines is 1. The lowest BCUT2D eigenvalue weighted by Crippen LogP contribution is -2.57. The van der Waals surface area contributed by atoms with Gasteiger partial charge in [0.2, 0.25) is 11.8 Å². The van der Waals surface area contributed by atoms with Gasteiger partial charge in [-0.25, -0.2) is 4.90 Å². The standard InChI is InChI=1S/C25H16Cl2N2O5/c1-34-19-12-13(29(32)33)10-11-18(19)28-22(30)20-21(23(28)31)25(27)15-7-3-2-6-14(15)24(20,26)16-8-4-5-9-17(16)25/h2-12,20-21H,1H3/t20-,21-,24?,25?/m0/s1. The van der Waals surface area contributed by atoms with Crippen LogP contribution in [0.4, 0.5) is 11.4 Å². The number of carbonyl (C=O) groups is 2. The minimum absolute atomic E-state index is 0.0316. The van der Waals surface area contributed by atoms with E-state index in [0.717, 1.165) is 4.90 Å². The summed E-state index contributed by atoms with van der Waals surface area (Å²) in [7, 11) is 1.32. The zero-order valence-corrected chi connectivity index (χ0v) is 19.2. The van der Waals surface area contributed by atoms with Gasteiger partial charge in [-0.05, 0) is 28.3 Å². The van der Waals surface area contributed by atoms with Crippen molar-refractivity contribution in [3.8, 4) is 5.75 Å². The summed E-state index contributed by atoms with van der Waals surface area (Å²) >= 11 is 14.8. The fraction of sp³-hybridized carbons (Fsp3) is 0.200. The van der Waals surface area contributed by atoms with Gasteiger partial charge in [-0.15, -0.1) is 23.2 Å². The zero-order valence-electron chi connectivity index (χ0n) is 17.7. The highest BCUT2D eigenvalue weighted by Gasteiger charge is 2.73. The molecule has 1 aliphatic heterocycles. The van der Waals surface area contributed by atoms with Crippen LogP contribution in [0.2, 0.25) is 0 Å². The summed E-state index contributed by atoms with van der Waals surface area (Å²) in [6.07, 6.45) is 0. The van der Waals surface area contributed by atoms with E-state index in [0.29, 0.717) is 22.3 Å². The molecule has 2 atom stereocenters. The molecule has 0 radical (unpaired) electrons. The molecule has 3 aliphatic carbocycles. The van der Waals surface area contributed by atoms with Crippen LogP contribution in [0.15, 0.2) is 66.7 Å². The van der Waals surface area contributed by atoms with Crippen LogP contribution in [0.3, 0.4) is 0 Å². The van der Waals surface area contributed by atoms with Gasteiger partial charge < -0.3 is 4.74 Å². The molecular weight excluding hydrogens is 479 g/mol. The van der Waals surface area contributed by atoms with Gasteiger partial charge in [-0.3, -0.25) is 19.7 Å². The van der Waals surface area contributed by atoms with Gasteiger partial charge in [0.05, 0.1) is 35.6 Å². The Balaban J connectivity index is 1.61. The topological polar surface area (TPSA) is 89.8 Å². The quantitative estimate of drug-likeness (QED) is 0.228. The summed E-state index contributed by atoms with van der Waals surface area (Å²) in [6.45, 7) is 0. The molecule has 3 aromatic rings. The van der Waals surface area contributed by atoms with Crippen molar-refractivity contribution < 1.29 is 19.2 Å². The van der Waals surface area contributed by atoms with Crippen molar-refractivity contribution in [2.45, 2.75) is 9.75 Å². The predicted octanol–water partition coefficient (Wildman–Crippen LogP) is 4.70. The second-order valence-electron chi connectivity index (χ2n) is 8.60. The van der Waals surface area contributed by atoms with Crippen LogP contribution in [-0.2, 0) is 19.3 Å². The molecule has 1 fully saturated rings. The monoisotopic (exact) mass is 494 g/mol. The van der Waals surface area contributed by atoms with E-state index in [-0.39, 0.29) is 17.1 Å². The lowest BCUT2D eigenvalue weighted by atomic mass is 9.54. The Bertz CT molecular complexity index is 1320. The number of amides is 2. The summed E-state index contributed by atoms with van der Waals surface area (Å²) < 4.78 is 5.33. The third kappa shape index (κ3) is 2.28. The van der Waals surface area contributed by atoms with Crippen molar-refractivity contribution in [1.82, 2.24) is 0 Å². The van der Waals surface area contributed by atoms with E-state index in [9.17, 15) is 19.7 Å². The van der Waals surface area contributed by atoms with Crippen molar-refractivity contribution >= 4 is 46.4 Å². The smallest absolute Gasteiger partial charge is 0.273 e. The van der Waals surface area contributed by atoms with Crippen LogP contribution in [0, 0.1) is 22.0 Å². The fourth-order valence-electron chi connectivity index (χ4n) is 5.87. The molecule has 34 heavy (non-hydrogen) atoms.